The lowest BCUT2D eigenvalue weighted by atomic mass is 10.3. The summed E-state index contributed by atoms with van der Waals surface area (Å²) in [4.78, 5) is 11.2. The first-order chi connectivity index (χ1) is 8.08. The maximum atomic E-state index is 11.2. The largest absolute Gasteiger partial charge is 0.492 e. The molecule has 4 nitrogen and oxygen atoms in total. The summed E-state index contributed by atoms with van der Waals surface area (Å²) in [5, 5.41) is 5.45. The van der Waals surface area contributed by atoms with Crippen molar-refractivity contribution in [3.05, 3.63) is 28.7 Å². The maximum absolute atomic E-state index is 11.2. The van der Waals surface area contributed by atoms with Gasteiger partial charge in [0.25, 0.3) is 0 Å². The Labute approximate surface area is 110 Å². The molecule has 5 heteroatoms. The van der Waals surface area contributed by atoms with E-state index in [1.54, 1.807) is 0 Å². The molecule has 0 atom stereocenters. The molecule has 0 saturated carbocycles. The molecule has 0 spiro atoms. The van der Waals surface area contributed by atoms with Crippen molar-refractivity contribution in [2.24, 2.45) is 0 Å². The van der Waals surface area contributed by atoms with Crippen molar-refractivity contribution in [2.45, 2.75) is 19.9 Å². The molecule has 0 aliphatic rings. The van der Waals surface area contributed by atoms with E-state index in [9.17, 15) is 4.79 Å². The molecule has 0 fully saturated rings. The number of benzene rings is 1. The second-order valence-corrected chi connectivity index (χ2v) is 4.78. The van der Waals surface area contributed by atoms with E-state index in [0.717, 1.165) is 10.2 Å². The Bertz CT molecular complexity index is 369. The number of hydrogen-bond acceptors (Lipinski definition) is 2. The molecule has 2 amide bonds. The van der Waals surface area contributed by atoms with Gasteiger partial charge in [0.15, 0.2) is 0 Å². The topological polar surface area (TPSA) is 50.4 Å². The lowest BCUT2D eigenvalue weighted by molar-refractivity contribution is 0.234. The standard InChI is InChI=1S/C12H17BrN2O2/c1-9(2)15-12(16)14-6-7-17-11-5-3-4-10(13)8-11/h3-5,8-9H,6-7H2,1-2H3,(H2,14,15,16). The van der Waals surface area contributed by atoms with E-state index in [4.69, 9.17) is 4.74 Å². The minimum atomic E-state index is -0.169. The average molecular weight is 301 g/mol. The molecule has 0 aliphatic carbocycles. The molecule has 0 saturated heterocycles. The van der Waals surface area contributed by atoms with Crippen LogP contribution in [0.5, 0.6) is 5.75 Å². The molecular formula is C12H17BrN2O2. The van der Waals surface area contributed by atoms with Crippen LogP contribution in [-0.2, 0) is 0 Å². The second-order valence-electron chi connectivity index (χ2n) is 3.86. The van der Waals surface area contributed by atoms with E-state index in [1.807, 2.05) is 38.1 Å². The predicted octanol–water partition coefficient (Wildman–Crippen LogP) is 2.54. The third-order valence-electron chi connectivity index (χ3n) is 1.87. The van der Waals surface area contributed by atoms with Gasteiger partial charge in [-0.05, 0) is 32.0 Å². The summed E-state index contributed by atoms with van der Waals surface area (Å²) in [5.41, 5.74) is 0. The van der Waals surface area contributed by atoms with Crippen molar-refractivity contribution in [1.29, 1.82) is 0 Å². The number of ether oxygens (including phenoxy) is 1. The zero-order valence-corrected chi connectivity index (χ0v) is 11.6. The highest BCUT2D eigenvalue weighted by molar-refractivity contribution is 9.10. The van der Waals surface area contributed by atoms with Gasteiger partial charge in [0, 0.05) is 10.5 Å². The molecule has 0 aliphatic heterocycles. The first-order valence-corrected chi connectivity index (χ1v) is 6.30. The van der Waals surface area contributed by atoms with Gasteiger partial charge in [0.2, 0.25) is 0 Å². The van der Waals surface area contributed by atoms with E-state index in [1.165, 1.54) is 0 Å². The van der Waals surface area contributed by atoms with Crippen LogP contribution in [0.1, 0.15) is 13.8 Å². The Morgan fingerprint density at radius 3 is 2.88 bits per heavy atom. The number of carbonyl (C=O) groups excluding carboxylic acids is 1. The van der Waals surface area contributed by atoms with Crippen molar-refractivity contribution >= 4 is 22.0 Å². The van der Waals surface area contributed by atoms with E-state index in [2.05, 4.69) is 26.6 Å². The van der Waals surface area contributed by atoms with Crippen molar-refractivity contribution in [2.75, 3.05) is 13.2 Å². The van der Waals surface area contributed by atoms with Crippen LogP contribution in [0.25, 0.3) is 0 Å². The van der Waals surface area contributed by atoms with Crippen LogP contribution in [0.4, 0.5) is 4.79 Å². The number of urea groups is 1. The van der Waals surface area contributed by atoms with Gasteiger partial charge < -0.3 is 15.4 Å². The van der Waals surface area contributed by atoms with Gasteiger partial charge in [0.1, 0.15) is 12.4 Å². The molecular weight excluding hydrogens is 284 g/mol. The molecule has 0 bridgehead atoms. The fraction of sp³-hybridized carbons (Fsp3) is 0.417. The molecule has 0 radical (unpaired) electrons. The Kier molecular flexibility index (Phi) is 5.83. The summed E-state index contributed by atoms with van der Waals surface area (Å²) in [6, 6.07) is 7.56. The van der Waals surface area contributed by atoms with E-state index in [-0.39, 0.29) is 12.1 Å². The summed E-state index contributed by atoms with van der Waals surface area (Å²) in [6.07, 6.45) is 0. The zero-order valence-electron chi connectivity index (χ0n) is 10.00. The van der Waals surface area contributed by atoms with E-state index < -0.39 is 0 Å². The summed E-state index contributed by atoms with van der Waals surface area (Å²) in [5.74, 6) is 0.783. The first kappa shape index (κ1) is 13.8. The number of hydrogen-bond donors (Lipinski definition) is 2. The summed E-state index contributed by atoms with van der Waals surface area (Å²) in [7, 11) is 0. The number of amides is 2. The van der Waals surface area contributed by atoms with Crippen LogP contribution in [0.3, 0.4) is 0 Å². The lowest BCUT2D eigenvalue weighted by Gasteiger charge is -2.10. The molecule has 0 heterocycles. The minimum absolute atomic E-state index is 0.140. The zero-order chi connectivity index (χ0) is 12.7. The van der Waals surface area contributed by atoms with E-state index in [0.29, 0.717) is 13.2 Å². The first-order valence-electron chi connectivity index (χ1n) is 5.50. The number of rotatable bonds is 5. The third kappa shape index (κ3) is 6.16. The molecule has 2 N–H and O–H groups in total. The van der Waals surface area contributed by atoms with Gasteiger partial charge in [-0.15, -0.1) is 0 Å². The van der Waals surface area contributed by atoms with Crippen molar-refractivity contribution < 1.29 is 9.53 Å². The molecule has 17 heavy (non-hydrogen) atoms. The van der Waals surface area contributed by atoms with Crippen molar-refractivity contribution in [3.8, 4) is 5.75 Å². The Morgan fingerprint density at radius 1 is 1.47 bits per heavy atom. The molecule has 94 valence electrons. The van der Waals surface area contributed by atoms with Crippen LogP contribution in [0, 0.1) is 0 Å². The highest BCUT2D eigenvalue weighted by Gasteiger charge is 2.01. The van der Waals surface area contributed by atoms with Crippen molar-refractivity contribution in [1.82, 2.24) is 10.6 Å². The third-order valence-corrected chi connectivity index (χ3v) is 2.37. The fourth-order valence-electron chi connectivity index (χ4n) is 1.20. The normalized spacial score (nSPS) is 10.1. The maximum Gasteiger partial charge on any atom is 0.315 e. The van der Waals surface area contributed by atoms with Gasteiger partial charge in [0.05, 0.1) is 6.54 Å². The van der Waals surface area contributed by atoms with Crippen LogP contribution in [-0.4, -0.2) is 25.2 Å². The molecule has 1 aromatic carbocycles. The van der Waals surface area contributed by atoms with Gasteiger partial charge in [-0.2, -0.15) is 0 Å². The van der Waals surface area contributed by atoms with Crippen LogP contribution < -0.4 is 15.4 Å². The number of nitrogens with one attached hydrogen (secondary N) is 2. The van der Waals surface area contributed by atoms with Crippen LogP contribution >= 0.6 is 15.9 Å². The Balaban J connectivity index is 2.18. The quantitative estimate of drug-likeness (QED) is 0.821. The molecule has 0 aromatic heterocycles. The highest BCUT2D eigenvalue weighted by Crippen LogP contribution is 2.17. The fourth-order valence-corrected chi connectivity index (χ4v) is 1.58. The minimum Gasteiger partial charge on any atom is -0.492 e. The second kappa shape index (κ2) is 7.17. The summed E-state index contributed by atoms with van der Waals surface area (Å²) < 4.78 is 6.44. The SMILES string of the molecule is CC(C)NC(=O)NCCOc1cccc(Br)c1. The van der Waals surface area contributed by atoms with Gasteiger partial charge >= 0.3 is 6.03 Å². The van der Waals surface area contributed by atoms with Gasteiger partial charge in [-0.1, -0.05) is 22.0 Å². The predicted molar refractivity (Wildman–Crippen MR) is 71.3 cm³/mol. The van der Waals surface area contributed by atoms with Crippen LogP contribution in [0.2, 0.25) is 0 Å². The summed E-state index contributed by atoms with van der Waals surface area (Å²) >= 11 is 3.36. The van der Waals surface area contributed by atoms with Gasteiger partial charge in [-0.25, -0.2) is 4.79 Å². The highest BCUT2D eigenvalue weighted by atomic mass is 79.9. The van der Waals surface area contributed by atoms with Crippen LogP contribution in [0.15, 0.2) is 28.7 Å². The monoisotopic (exact) mass is 300 g/mol. The number of halogens is 1. The summed E-state index contributed by atoms with van der Waals surface area (Å²) in [6.45, 7) is 4.75. The average Bonchev–Trinajstić information content (AvgIpc) is 2.23. The van der Waals surface area contributed by atoms with Gasteiger partial charge in [-0.3, -0.25) is 0 Å². The van der Waals surface area contributed by atoms with E-state index >= 15 is 0 Å². The Morgan fingerprint density at radius 2 is 2.24 bits per heavy atom. The smallest absolute Gasteiger partial charge is 0.315 e. The molecule has 0 unspecified atom stereocenters. The molecule has 1 aromatic rings. The molecule has 1 rings (SSSR count). The Hall–Kier alpha value is -1.23. The van der Waals surface area contributed by atoms with Crippen molar-refractivity contribution in [3.63, 3.8) is 0 Å². The number of carbonyl (C=O) groups is 1. The lowest BCUT2D eigenvalue weighted by Crippen LogP contribution is -2.41.